The summed E-state index contributed by atoms with van der Waals surface area (Å²) in [6.07, 6.45) is 4.17. The lowest BCUT2D eigenvalue weighted by Gasteiger charge is -2.19. The van der Waals surface area contributed by atoms with Crippen molar-refractivity contribution in [1.29, 1.82) is 0 Å². The van der Waals surface area contributed by atoms with Gasteiger partial charge in [-0.1, -0.05) is 0 Å². The molecule has 0 N–H and O–H groups in total. The second-order valence-electron chi connectivity index (χ2n) is 5.18. The highest BCUT2D eigenvalue weighted by atomic mass is 32.2. The lowest BCUT2D eigenvalue weighted by molar-refractivity contribution is -0.130. The largest absolute Gasteiger partial charge is 0.497 e. The molecule has 0 saturated carbocycles. The van der Waals surface area contributed by atoms with Crippen molar-refractivity contribution in [2.45, 2.75) is 12.5 Å². The van der Waals surface area contributed by atoms with E-state index in [2.05, 4.69) is 5.10 Å². The molecule has 1 aromatic carbocycles. The van der Waals surface area contributed by atoms with Gasteiger partial charge in [0.05, 0.1) is 24.8 Å². The molecule has 0 radical (unpaired) electrons. The Kier molecular flexibility index (Phi) is 4.71. The van der Waals surface area contributed by atoms with E-state index in [9.17, 15) is 4.79 Å². The first-order chi connectivity index (χ1) is 11.2. The third kappa shape index (κ3) is 3.27. The lowest BCUT2D eigenvalue weighted by Crippen LogP contribution is -2.28. The number of thioether (sulfide) groups is 1. The smallest absolute Gasteiger partial charge is 0.253 e. The lowest BCUT2D eigenvalue weighted by atomic mass is 10.0. The molecule has 0 saturated heterocycles. The summed E-state index contributed by atoms with van der Waals surface area (Å²) >= 11 is 1.49. The number of furan rings is 1. The molecule has 5 nitrogen and oxygen atoms in total. The van der Waals surface area contributed by atoms with Crippen LogP contribution < -0.4 is 4.74 Å². The molecule has 1 amide bonds. The summed E-state index contributed by atoms with van der Waals surface area (Å²) in [5.41, 5.74) is 1.87. The zero-order valence-corrected chi connectivity index (χ0v) is 13.9. The van der Waals surface area contributed by atoms with E-state index in [4.69, 9.17) is 9.15 Å². The van der Waals surface area contributed by atoms with E-state index in [1.165, 1.54) is 11.8 Å². The third-order valence-electron chi connectivity index (χ3n) is 3.73. The van der Waals surface area contributed by atoms with Crippen LogP contribution in [-0.2, 0) is 4.79 Å². The summed E-state index contributed by atoms with van der Waals surface area (Å²) in [4.78, 5) is 12.4. The molecule has 0 bridgehead atoms. The highest BCUT2D eigenvalue weighted by Crippen LogP contribution is 2.33. The number of carbonyl (C=O) groups excluding carboxylic acids is 1. The normalized spacial score (nSPS) is 17.2. The Bertz CT molecular complexity index is 695. The van der Waals surface area contributed by atoms with Gasteiger partial charge >= 0.3 is 0 Å². The molecule has 1 aliphatic heterocycles. The van der Waals surface area contributed by atoms with Crippen molar-refractivity contribution < 1.29 is 13.9 Å². The van der Waals surface area contributed by atoms with Crippen LogP contribution in [0.3, 0.4) is 0 Å². The minimum atomic E-state index is -0.179. The van der Waals surface area contributed by atoms with Gasteiger partial charge in [-0.05, 0) is 48.2 Å². The molecule has 0 spiro atoms. The SMILES string of the molecule is COc1ccc(C2=NN(C(=O)CSC)[C@H](c3ccco3)C2)cc1. The Hall–Kier alpha value is -2.21. The molecule has 0 unspecified atom stereocenters. The summed E-state index contributed by atoms with van der Waals surface area (Å²) in [6.45, 7) is 0. The molecule has 3 rings (SSSR count). The molecule has 6 heteroatoms. The molecular weight excluding hydrogens is 312 g/mol. The zero-order valence-electron chi connectivity index (χ0n) is 13.1. The Labute approximate surface area is 139 Å². The molecule has 0 fully saturated rings. The van der Waals surface area contributed by atoms with Gasteiger partial charge in [0.15, 0.2) is 0 Å². The molecule has 2 aromatic rings. The van der Waals surface area contributed by atoms with Gasteiger partial charge in [0.1, 0.15) is 17.6 Å². The van der Waals surface area contributed by atoms with E-state index in [0.717, 1.165) is 22.8 Å². The summed E-state index contributed by atoms with van der Waals surface area (Å²) in [5, 5.41) is 6.11. The Morgan fingerprint density at radius 3 is 2.78 bits per heavy atom. The van der Waals surface area contributed by atoms with Crippen LogP contribution in [0.15, 0.2) is 52.2 Å². The maximum Gasteiger partial charge on any atom is 0.253 e. The van der Waals surface area contributed by atoms with Gasteiger partial charge in [-0.15, -0.1) is 0 Å². The van der Waals surface area contributed by atoms with Crippen LogP contribution in [0.5, 0.6) is 5.75 Å². The van der Waals surface area contributed by atoms with Gasteiger partial charge in [0.25, 0.3) is 5.91 Å². The highest BCUT2D eigenvalue weighted by molar-refractivity contribution is 7.99. The predicted molar refractivity (Wildman–Crippen MR) is 90.8 cm³/mol. The molecule has 23 heavy (non-hydrogen) atoms. The highest BCUT2D eigenvalue weighted by Gasteiger charge is 2.34. The van der Waals surface area contributed by atoms with Crippen LogP contribution in [0.2, 0.25) is 0 Å². The number of ether oxygens (including phenoxy) is 1. The summed E-state index contributed by atoms with van der Waals surface area (Å²) in [7, 11) is 1.64. The van der Waals surface area contributed by atoms with Gasteiger partial charge in [0.2, 0.25) is 0 Å². The Morgan fingerprint density at radius 2 is 2.17 bits per heavy atom. The summed E-state index contributed by atoms with van der Waals surface area (Å²) < 4.78 is 10.7. The standard InChI is InChI=1S/C17H18N2O3S/c1-21-13-7-5-12(6-8-13)14-10-15(16-4-3-9-22-16)19(18-14)17(20)11-23-2/h3-9,15H,10-11H2,1-2H3/t15-/m0/s1. The fourth-order valence-electron chi connectivity index (χ4n) is 2.59. The van der Waals surface area contributed by atoms with E-state index in [1.807, 2.05) is 42.7 Å². The van der Waals surface area contributed by atoms with Crippen molar-refractivity contribution in [2.24, 2.45) is 5.10 Å². The van der Waals surface area contributed by atoms with E-state index in [0.29, 0.717) is 12.2 Å². The summed E-state index contributed by atoms with van der Waals surface area (Å²) in [5.74, 6) is 1.94. The van der Waals surface area contributed by atoms with E-state index in [-0.39, 0.29) is 11.9 Å². The fraction of sp³-hybridized carbons (Fsp3) is 0.294. The number of carbonyl (C=O) groups is 1. The van der Waals surface area contributed by atoms with Crippen molar-refractivity contribution in [1.82, 2.24) is 5.01 Å². The molecule has 1 aromatic heterocycles. The number of methoxy groups -OCH3 is 1. The minimum Gasteiger partial charge on any atom is -0.497 e. The maximum atomic E-state index is 12.4. The van der Waals surface area contributed by atoms with Gasteiger partial charge in [0, 0.05) is 6.42 Å². The van der Waals surface area contributed by atoms with Crippen LogP contribution in [0, 0.1) is 0 Å². The Balaban J connectivity index is 1.88. The average molecular weight is 330 g/mol. The first kappa shape index (κ1) is 15.7. The molecule has 1 atom stereocenters. The monoisotopic (exact) mass is 330 g/mol. The first-order valence-corrected chi connectivity index (χ1v) is 8.68. The quantitative estimate of drug-likeness (QED) is 0.844. The van der Waals surface area contributed by atoms with Crippen LogP contribution in [0.4, 0.5) is 0 Å². The van der Waals surface area contributed by atoms with Crippen molar-refractivity contribution >= 4 is 23.4 Å². The molecule has 0 aliphatic carbocycles. The second kappa shape index (κ2) is 6.91. The zero-order chi connectivity index (χ0) is 16.2. The average Bonchev–Trinajstić information content (AvgIpc) is 3.24. The van der Waals surface area contributed by atoms with Gasteiger partial charge in [-0.25, -0.2) is 5.01 Å². The van der Waals surface area contributed by atoms with Crippen molar-refractivity contribution in [3.63, 3.8) is 0 Å². The van der Waals surface area contributed by atoms with Gasteiger partial charge in [-0.3, -0.25) is 4.79 Å². The topological polar surface area (TPSA) is 55.0 Å². The number of hydrazone groups is 1. The van der Waals surface area contributed by atoms with Crippen molar-refractivity contribution in [2.75, 3.05) is 19.1 Å². The number of rotatable bonds is 5. The van der Waals surface area contributed by atoms with Crippen molar-refractivity contribution in [3.05, 3.63) is 54.0 Å². The summed E-state index contributed by atoms with van der Waals surface area (Å²) in [6, 6.07) is 11.2. The minimum absolute atomic E-state index is 0.0117. The predicted octanol–water partition coefficient (Wildman–Crippen LogP) is 3.33. The third-order valence-corrected chi connectivity index (χ3v) is 4.26. The van der Waals surface area contributed by atoms with Gasteiger partial charge < -0.3 is 9.15 Å². The molecular formula is C17H18N2O3S. The number of hydrogen-bond donors (Lipinski definition) is 0. The van der Waals surface area contributed by atoms with E-state index < -0.39 is 0 Å². The number of amides is 1. The van der Waals surface area contributed by atoms with Gasteiger partial charge in [-0.2, -0.15) is 16.9 Å². The first-order valence-electron chi connectivity index (χ1n) is 7.29. The number of hydrogen-bond acceptors (Lipinski definition) is 5. The maximum absolute atomic E-state index is 12.4. The molecule has 1 aliphatic rings. The molecule has 120 valence electrons. The second-order valence-corrected chi connectivity index (χ2v) is 6.05. The number of benzene rings is 1. The van der Waals surface area contributed by atoms with E-state index >= 15 is 0 Å². The molecule has 2 heterocycles. The van der Waals surface area contributed by atoms with E-state index in [1.54, 1.807) is 18.4 Å². The van der Waals surface area contributed by atoms with Crippen LogP contribution >= 0.6 is 11.8 Å². The van der Waals surface area contributed by atoms with Crippen LogP contribution in [-0.4, -0.2) is 35.7 Å². The number of nitrogens with zero attached hydrogens (tertiary/aromatic N) is 2. The van der Waals surface area contributed by atoms with Crippen LogP contribution in [0.1, 0.15) is 23.8 Å². The van der Waals surface area contributed by atoms with Crippen LogP contribution in [0.25, 0.3) is 0 Å². The fourth-order valence-corrected chi connectivity index (χ4v) is 2.97. The Morgan fingerprint density at radius 1 is 1.39 bits per heavy atom. The van der Waals surface area contributed by atoms with Crippen molar-refractivity contribution in [3.8, 4) is 5.75 Å².